The standard InChI is InChI=1S/C15H30O2/c1-4-7-9-10-13-15(11-6-3,14(16)17)12-8-5-2/h4-13H2,1-3H3,(H,16,17). The molecule has 1 N–H and O–H groups in total. The Morgan fingerprint density at radius 2 is 1.41 bits per heavy atom. The van der Waals surface area contributed by atoms with Crippen LogP contribution >= 0.6 is 0 Å². The lowest BCUT2D eigenvalue weighted by Crippen LogP contribution is -2.31. The van der Waals surface area contributed by atoms with Crippen molar-refractivity contribution < 1.29 is 9.90 Å². The van der Waals surface area contributed by atoms with Crippen LogP contribution < -0.4 is 0 Å². The Labute approximate surface area is 107 Å². The molecule has 0 amide bonds. The van der Waals surface area contributed by atoms with Gasteiger partial charge in [-0.25, -0.2) is 0 Å². The van der Waals surface area contributed by atoms with Crippen LogP contribution in [0.2, 0.25) is 0 Å². The molecule has 0 aliphatic heterocycles. The van der Waals surface area contributed by atoms with Crippen LogP contribution in [0.1, 0.15) is 85.0 Å². The van der Waals surface area contributed by atoms with Gasteiger partial charge in [0.1, 0.15) is 0 Å². The molecule has 0 aliphatic carbocycles. The highest BCUT2D eigenvalue weighted by Gasteiger charge is 2.35. The number of carboxylic acid groups (broad SMARTS) is 1. The Bertz CT molecular complexity index is 201. The summed E-state index contributed by atoms with van der Waals surface area (Å²) >= 11 is 0. The molecule has 102 valence electrons. The molecule has 0 spiro atoms. The third-order valence-corrected chi connectivity index (χ3v) is 3.70. The molecule has 2 nitrogen and oxygen atoms in total. The van der Waals surface area contributed by atoms with Crippen LogP contribution in [0, 0.1) is 5.41 Å². The van der Waals surface area contributed by atoms with E-state index in [-0.39, 0.29) is 0 Å². The summed E-state index contributed by atoms with van der Waals surface area (Å²) in [5.74, 6) is -0.565. The van der Waals surface area contributed by atoms with Gasteiger partial charge in [-0.05, 0) is 19.3 Å². The van der Waals surface area contributed by atoms with Crippen molar-refractivity contribution in [1.29, 1.82) is 0 Å². The normalized spacial score (nSPS) is 14.5. The van der Waals surface area contributed by atoms with Crippen molar-refractivity contribution in [3.8, 4) is 0 Å². The highest BCUT2D eigenvalue weighted by Crippen LogP contribution is 2.36. The van der Waals surface area contributed by atoms with Gasteiger partial charge in [-0.3, -0.25) is 4.79 Å². The summed E-state index contributed by atoms with van der Waals surface area (Å²) in [6, 6.07) is 0. The number of carbonyl (C=O) groups is 1. The van der Waals surface area contributed by atoms with Crippen molar-refractivity contribution in [1.82, 2.24) is 0 Å². The van der Waals surface area contributed by atoms with E-state index in [9.17, 15) is 9.90 Å². The van der Waals surface area contributed by atoms with E-state index >= 15 is 0 Å². The molecule has 0 saturated heterocycles. The molecule has 0 aromatic rings. The fraction of sp³-hybridized carbons (Fsp3) is 0.933. The molecular weight excluding hydrogens is 212 g/mol. The van der Waals surface area contributed by atoms with Crippen LogP contribution in [0.5, 0.6) is 0 Å². The van der Waals surface area contributed by atoms with E-state index in [1.807, 2.05) is 0 Å². The number of aliphatic carboxylic acids is 1. The molecule has 0 rings (SSSR count). The molecule has 1 unspecified atom stereocenters. The van der Waals surface area contributed by atoms with E-state index in [0.717, 1.165) is 44.9 Å². The average molecular weight is 242 g/mol. The van der Waals surface area contributed by atoms with Gasteiger partial charge in [0.25, 0.3) is 0 Å². The first-order chi connectivity index (χ1) is 8.13. The zero-order valence-corrected chi connectivity index (χ0v) is 11.9. The molecule has 0 heterocycles. The van der Waals surface area contributed by atoms with Gasteiger partial charge in [0.15, 0.2) is 0 Å². The maximum Gasteiger partial charge on any atom is 0.309 e. The number of unbranched alkanes of at least 4 members (excludes halogenated alkanes) is 4. The van der Waals surface area contributed by atoms with Crippen molar-refractivity contribution in [2.24, 2.45) is 5.41 Å². The third-order valence-electron chi connectivity index (χ3n) is 3.70. The lowest BCUT2D eigenvalue weighted by atomic mass is 9.75. The first-order valence-electron chi connectivity index (χ1n) is 7.36. The Hall–Kier alpha value is -0.530. The van der Waals surface area contributed by atoms with E-state index in [1.165, 1.54) is 19.3 Å². The summed E-state index contributed by atoms with van der Waals surface area (Å²) in [6.07, 6.45) is 10.4. The van der Waals surface area contributed by atoms with Crippen LogP contribution in [0.3, 0.4) is 0 Å². The molecule has 0 saturated carbocycles. The first-order valence-corrected chi connectivity index (χ1v) is 7.36. The van der Waals surface area contributed by atoms with Gasteiger partial charge in [-0.2, -0.15) is 0 Å². The Morgan fingerprint density at radius 1 is 0.824 bits per heavy atom. The van der Waals surface area contributed by atoms with Gasteiger partial charge < -0.3 is 5.11 Å². The van der Waals surface area contributed by atoms with Crippen molar-refractivity contribution >= 4 is 5.97 Å². The fourth-order valence-corrected chi connectivity index (χ4v) is 2.58. The number of hydrogen-bond donors (Lipinski definition) is 1. The van der Waals surface area contributed by atoms with Crippen molar-refractivity contribution in [2.45, 2.75) is 85.0 Å². The van der Waals surface area contributed by atoms with Crippen LogP contribution in [-0.4, -0.2) is 11.1 Å². The predicted molar refractivity (Wildman–Crippen MR) is 73.3 cm³/mol. The molecule has 17 heavy (non-hydrogen) atoms. The molecule has 0 aliphatic rings. The fourth-order valence-electron chi connectivity index (χ4n) is 2.58. The Kier molecular flexibility index (Phi) is 9.20. The number of rotatable bonds is 11. The van der Waals surface area contributed by atoms with E-state index < -0.39 is 11.4 Å². The van der Waals surface area contributed by atoms with Crippen LogP contribution in [0.25, 0.3) is 0 Å². The van der Waals surface area contributed by atoms with Crippen LogP contribution in [0.15, 0.2) is 0 Å². The summed E-state index contributed by atoms with van der Waals surface area (Å²) in [7, 11) is 0. The van der Waals surface area contributed by atoms with Crippen molar-refractivity contribution in [2.75, 3.05) is 0 Å². The van der Waals surface area contributed by atoms with Crippen molar-refractivity contribution in [3.63, 3.8) is 0 Å². The largest absolute Gasteiger partial charge is 0.481 e. The second kappa shape index (κ2) is 9.49. The van der Waals surface area contributed by atoms with Gasteiger partial charge in [-0.1, -0.05) is 65.7 Å². The Morgan fingerprint density at radius 3 is 1.88 bits per heavy atom. The molecule has 0 bridgehead atoms. The van der Waals surface area contributed by atoms with Crippen LogP contribution in [-0.2, 0) is 4.79 Å². The van der Waals surface area contributed by atoms with Gasteiger partial charge in [-0.15, -0.1) is 0 Å². The quantitative estimate of drug-likeness (QED) is 0.517. The number of hydrogen-bond acceptors (Lipinski definition) is 1. The molecule has 2 heteroatoms. The van der Waals surface area contributed by atoms with E-state index in [2.05, 4.69) is 20.8 Å². The van der Waals surface area contributed by atoms with Gasteiger partial charge >= 0.3 is 5.97 Å². The zero-order chi connectivity index (χ0) is 13.1. The molecular formula is C15H30O2. The Balaban J connectivity index is 4.37. The highest BCUT2D eigenvalue weighted by atomic mass is 16.4. The molecule has 0 aromatic carbocycles. The van der Waals surface area contributed by atoms with E-state index in [1.54, 1.807) is 0 Å². The average Bonchev–Trinajstić information content (AvgIpc) is 2.31. The SMILES string of the molecule is CCCCCCC(CCC)(CCCC)C(=O)O. The highest BCUT2D eigenvalue weighted by molar-refractivity contribution is 5.74. The summed E-state index contributed by atoms with van der Waals surface area (Å²) in [6.45, 7) is 6.42. The predicted octanol–water partition coefficient (Wildman–Crippen LogP) is 5.02. The maximum atomic E-state index is 11.6. The van der Waals surface area contributed by atoms with Gasteiger partial charge in [0, 0.05) is 0 Å². The van der Waals surface area contributed by atoms with E-state index in [4.69, 9.17) is 0 Å². The minimum atomic E-state index is -0.565. The maximum absolute atomic E-state index is 11.6. The first kappa shape index (κ1) is 16.5. The third kappa shape index (κ3) is 6.09. The lowest BCUT2D eigenvalue weighted by molar-refractivity contribution is -0.150. The second-order valence-corrected chi connectivity index (χ2v) is 5.25. The molecule has 0 fully saturated rings. The molecule has 0 aromatic heterocycles. The summed E-state index contributed by atoms with van der Waals surface area (Å²) in [5.41, 5.74) is -0.432. The van der Waals surface area contributed by atoms with Gasteiger partial charge in [0.2, 0.25) is 0 Å². The van der Waals surface area contributed by atoms with Gasteiger partial charge in [0.05, 0.1) is 5.41 Å². The number of carboxylic acids is 1. The minimum absolute atomic E-state index is 0.432. The molecule has 0 radical (unpaired) electrons. The monoisotopic (exact) mass is 242 g/mol. The zero-order valence-electron chi connectivity index (χ0n) is 11.9. The second-order valence-electron chi connectivity index (χ2n) is 5.25. The minimum Gasteiger partial charge on any atom is -0.481 e. The summed E-state index contributed by atoms with van der Waals surface area (Å²) in [4.78, 5) is 11.6. The van der Waals surface area contributed by atoms with Crippen molar-refractivity contribution in [3.05, 3.63) is 0 Å². The lowest BCUT2D eigenvalue weighted by Gasteiger charge is -2.29. The summed E-state index contributed by atoms with van der Waals surface area (Å²) in [5, 5.41) is 9.54. The topological polar surface area (TPSA) is 37.3 Å². The van der Waals surface area contributed by atoms with Crippen LogP contribution in [0.4, 0.5) is 0 Å². The smallest absolute Gasteiger partial charge is 0.309 e. The molecule has 1 atom stereocenters. The van der Waals surface area contributed by atoms with E-state index in [0.29, 0.717) is 0 Å². The summed E-state index contributed by atoms with van der Waals surface area (Å²) < 4.78 is 0.